The topological polar surface area (TPSA) is 42.1 Å². The van der Waals surface area contributed by atoms with Crippen molar-refractivity contribution in [2.24, 2.45) is 17.6 Å². The first-order valence-corrected chi connectivity index (χ1v) is 7.72. The van der Waals surface area contributed by atoms with Gasteiger partial charge >= 0.3 is 0 Å². The van der Waals surface area contributed by atoms with Gasteiger partial charge in [-0.2, -0.15) is 0 Å². The average molecular weight is 257 g/mol. The van der Waals surface area contributed by atoms with E-state index in [1.165, 1.54) is 37.7 Å². The Morgan fingerprint density at radius 1 is 1.05 bits per heavy atom. The monoisotopic (exact) mass is 257 g/mol. The third-order valence-electron chi connectivity index (χ3n) is 5.61. The molecule has 3 heterocycles. The fraction of sp³-hybridized carbons (Fsp3) is 0.688. The van der Waals surface area contributed by atoms with Crippen LogP contribution in [0.15, 0.2) is 24.5 Å². The Labute approximate surface area is 115 Å². The summed E-state index contributed by atoms with van der Waals surface area (Å²) in [5.41, 5.74) is 7.47. The maximum absolute atomic E-state index is 6.12. The summed E-state index contributed by atoms with van der Waals surface area (Å²) in [6.45, 7) is 0.729. The molecule has 3 nitrogen and oxygen atoms in total. The lowest BCUT2D eigenvalue weighted by Crippen LogP contribution is -2.59. The predicted octanol–water partition coefficient (Wildman–Crippen LogP) is 2.34. The Morgan fingerprint density at radius 3 is 2.16 bits per heavy atom. The van der Waals surface area contributed by atoms with Crippen molar-refractivity contribution in [2.45, 2.75) is 50.2 Å². The van der Waals surface area contributed by atoms with Gasteiger partial charge in [0.2, 0.25) is 0 Å². The maximum Gasteiger partial charge on any atom is 0.0477 e. The van der Waals surface area contributed by atoms with Crippen LogP contribution in [0.2, 0.25) is 0 Å². The lowest BCUT2D eigenvalue weighted by atomic mass is 9.63. The van der Waals surface area contributed by atoms with Gasteiger partial charge in [0.15, 0.2) is 0 Å². The molecular weight excluding hydrogens is 234 g/mol. The Morgan fingerprint density at radius 2 is 1.63 bits per heavy atom. The molecule has 2 aliphatic carbocycles. The Balaban J connectivity index is 1.64. The molecule has 102 valence electrons. The number of piperidine rings is 2. The largest absolute Gasteiger partial charge is 0.329 e. The molecule has 0 amide bonds. The Bertz CT molecular complexity index is 417. The SMILES string of the molecule is NCC(c1ccncc1)N1C2CC3CC(C2)CC1C3. The van der Waals surface area contributed by atoms with Crippen molar-refractivity contribution in [1.29, 1.82) is 0 Å². The van der Waals surface area contributed by atoms with E-state index in [1.807, 2.05) is 12.4 Å². The van der Waals surface area contributed by atoms with Crippen molar-refractivity contribution in [3.63, 3.8) is 0 Å². The van der Waals surface area contributed by atoms with Gasteiger partial charge in [-0.3, -0.25) is 9.88 Å². The molecule has 1 unspecified atom stereocenters. The first-order chi connectivity index (χ1) is 9.35. The smallest absolute Gasteiger partial charge is 0.0477 e. The quantitative estimate of drug-likeness (QED) is 0.903. The van der Waals surface area contributed by atoms with Crippen molar-refractivity contribution in [2.75, 3.05) is 6.54 Å². The molecule has 19 heavy (non-hydrogen) atoms. The van der Waals surface area contributed by atoms with Gasteiger partial charge in [-0.25, -0.2) is 0 Å². The summed E-state index contributed by atoms with van der Waals surface area (Å²) in [7, 11) is 0. The van der Waals surface area contributed by atoms with Gasteiger partial charge < -0.3 is 5.73 Å². The molecule has 4 bridgehead atoms. The van der Waals surface area contributed by atoms with Crippen molar-refractivity contribution in [3.8, 4) is 0 Å². The minimum atomic E-state index is 0.401. The van der Waals surface area contributed by atoms with E-state index >= 15 is 0 Å². The highest BCUT2D eigenvalue weighted by molar-refractivity contribution is 5.18. The second-order valence-electron chi connectivity index (χ2n) is 6.70. The molecule has 0 spiro atoms. The van der Waals surface area contributed by atoms with Crippen LogP contribution in [-0.4, -0.2) is 28.5 Å². The first kappa shape index (κ1) is 11.9. The van der Waals surface area contributed by atoms with Crippen LogP contribution in [0, 0.1) is 11.8 Å². The molecule has 4 fully saturated rings. The first-order valence-electron chi connectivity index (χ1n) is 7.72. The number of nitrogens with zero attached hydrogens (tertiary/aromatic N) is 2. The lowest BCUT2D eigenvalue weighted by molar-refractivity contribution is -0.0814. The fourth-order valence-corrected chi connectivity index (χ4v) is 5.09. The summed E-state index contributed by atoms with van der Waals surface area (Å²) in [6.07, 6.45) is 10.9. The van der Waals surface area contributed by atoms with Crippen LogP contribution in [0.4, 0.5) is 0 Å². The highest BCUT2D eigenvalue weighted by Crippen LogP contribution is 2.51. The molecule has 2 N–H and O–H groups in total. The van der Waals surface area contributed by atoms with Crippen LogP contribution in [0.1, 0.15) is 43.7 Å². The van der Waals surface area contributed by atoms with Gasteiger partial charge in [0.1, 0.15) is 0 Å². The molecule has 0 radical (unpaired) electrons. The molecular formula is C16H23N3. The number of hydrogen-bond donors (Lipinski definition) is 1. The van der Waals surface area contributed by atoms with E-state index in [-0.39, 0.29) is 0 Å². The summed E-state index contributed by atoms with van der Waals surface area (Å²) in [6, 6.07) is 6.26. The third-order valence-corrected chi connectivity index (χ3v) is 5.61. The predicted molar refractivity (Wildman–Crippen MR) is 75.5 cm³/mol. The van der Waals surface area contributed by atoms with E-state index in [1.54, 1.807) is 0 Å². The van der Waals surface area contributed by atoms with E-state index in [0.29, 0.717) is 6.04 Å². The van der Waals surface area contributed by atoms with Gasteiger partial charge in [-0.05, 0) is 61.6 Å². The summed E-state index contributed by atoms with van der Waals surface area (Å²) in [5, 5.41) is 0. The van der Waals surface area contributed by atoms with Gasteiger partial charge in [0.25, 0.3) is 0 Å². The van der Waals surface area contributed by atoms with Crippen LogP contribution >= 0.6 is 0 Å². The van der Waals surface area contributed by atoms with Crippen LogP contribution in [-0.2, 0) is 0 Å². The summed E-state index contributed by atoms with van der Waals surface area (Å²) < 4.78 is 0. The molecule has 0 aromatic carbocycles. The van der Waals surface area contributed by atoms with Crippen molar-refractivity contribution in [3.05, 3.63) is 30.1 Å². The standard InChI is InChI=1S/C16H23N3/c17-10-16(13-1-3-18-4-2-13)19-14-6-11-5-12(8-14)9-15(19)7-11/h1-4,11-12,14-16H,5-10,17H2. The Hall–Kier alpha value is -0.930. The molecule has 4 aliphatic rings. The molecule has 2 saturated carbocycles. The fourth-order valence-electron chi connectivity index (χ4n) is 5.09. The highest BCUT2D eigenvalue weighted by Gasteiger charge is 2.48. The Kier molecular flexibility index (Phi) is 2.85. The van der Waals surface area contributed by atoms with Crippen molar-refractivity contribution >= 4 is 0 Å². The van der Waals surface area contributed by atoms with Gasteiger partial charge in [-0.1, -0.05) is 0 Å². The summed E-state index contributed by atoms with van der Waals surface area (Å²) in [5.74, 6) is 2.02. The van der Waals surface area contributed by atoms with Crippen molar-refractivity contribution in [1.82, 2.24) is 9.88 Å². The van der Waals surface area contributed by atoms with E-state index in [0.717, 1.165) is 30.5 Å². The molecule has 2 saturated heterocycles. The number of rotatable bonds is 3. The third kappa shape index (κ3) is 1.91. The zero-order valence-electron chi connectivity index (χ0n) is 11.4. The normalized spacial score (nSPS) is 38.6. The second-order valence-corrected chi connectivity index (χ2v) is 6.70. The van der Waals surface area contributed by atoms with E-state index in [9.17, 15) is 0 Å². The number of aromatic nitrogens is 1. The maximum atomic E-state index is 6.12. The zero-order chi connectivity index (χ0) is 12.8. The average Bonchev–Trinajstić information content (AvgIpc) is 2.43. The van der Waals surface area contributed by atoms with Crippen LogP contribution < -0.4 is 5.73 Å². The summed E-state index contributed by atoms with van der Waals surface area (Å²) >= 11 is 0. The number of hydrogen-bond acceptors (Lipinski definition) is 3. The van der Waals surface area contributed by atoms with E-state index in [4.69, 9.17) is 5.73 Å². The minimum Gasteiger partial charge on any atom is -0.329 e. The molecule has 2 aliphatic heterocycles. The van der Waals surface area contributed by atoms with Gasteiger partial charge in [0, 0.05) is 37.1 Å². The number of pyridine rings is 1. The van der Waals surface area contributed by atoms with Gasteiger partial charge in [0.05, 0.1) is 0 Å². The molecule has 1 aromatic heterocycles. The van der Waals surface area contributed by atoms with Gasteiger partial charge in [-0.15, -0.1) is 0 Å². The lowest BCUT2D eigenvalue weighted by Gasteiger charge is -2.58. The van der Waals surface area contributed by atoms with Crippen molar-refractivity contribution < 1.29 is 0 Å². The zero-order valence-corrected chi connectivity index (χ0v) is 11.4. The molecule has 1 atom stereocenters. The molecule has 1 aromatic rings. The molecule has 5 rings (SSSR count). The van der Waals surface area contributed by atoms with Crippen LogP contribution in [0.5, 0.6) is 0 Å². The highest BCUT2D eigenvalue weighted by atomic mass is 15.2. The molecule has 3 heteroatoms. The second kappa shape index (κ2) is 4.57. The summed E-state index contributed by atoms with van der Waals surface area (Å²) in [4.78, 5) is 6.90. The minimum absolute atomic E-state index is 0.401. The van der Waals surface area contributed by atoms with E-state index in [2.05, 4.69) is 22.0 Å². The van der Waals surface area contributed by atoms with Crippen LogP contribution in [0.25, 0.3) is 0 Å². The number of nitrogens with two attached hydrogens (primary N) is 1. The van der Waals surface area contributed by atoms with E-state index < -0.39 is 0 Å². The van der Waals surface area contributed by atoms with Crippen LogP contribution in [0.3, 0.4) is 0 Å².